The van der Waals surface area contributed by atoms with E-state index in [0.29, 0.717) is 11.6 Å². The predicted octanol–water partition coefficient (Wildman–Crippen LogP) is 0.923. The molecular formula is C18H13F3N3O5-. The monoisotopic (exact) mass is 408 g/mol. The fourth-order valence-corrected chi connectivity index (χ4v) is 1.97. The third-order valence-corrected chi connectivity index (χ3v) is 3.27. The van der Waals surface area contributed by atoms with Crippen LogP contribution in [0.5, 0.6) is 5.75 Å². The Morgan fingerprint density at radius 2 is 1.76 bits per heavy atom. The quantitative estimate of drug-likeness (QED) is 0.419. The van der Waals surface area contributed by atoms with Gasteiger partial charge in [0.1, 0.15) is 12.4 Å². The van der Waals surface area contributed by atoms with Gasteiger partial charge in [0.25, 0.3) is 0 Å². The number of carboxylic acids is 1. The van der Waals surface area contributed by atoms with Crippen molar-refractivity contribution in [2.75, 3.05) is 11.9 Å². The molecule has 0 unspecified atom stereocenters. The lowest BCUT2D eigenvalue weighted by atomic mass is 10.2. The molecule has 0 aliphatic heterocycles. The summed E-state index contributed by atoms with van der Waals surface area (Å²) in [4.78, 5) is 33.7. The minimum atomic E-state index is -4.58. The van der Waals surface area contributed by atoms with E-state index < -0.39 is 36.1 Å². The van der Waals surface area contributed by atoms with E-state index >= 15 is 0 Å². The molecule has 8 nitrogen and oxygen atoms in total. The van der Waals surface area contributed by atoms with Crippen LogP contribution in [0.25, 0.3) is 0 Å². The van der Waals surface area contributed by atoms with Crippen molar-refractivity contribution in [2.24, 2.45) is 5.10 Å². The summed E-state index contributed by atoms with van der Waals surface area (Å²) in [6.45, 7) is -0.607. The topological polar surface area (TPSA) is 120 Å². The van der Waals surface area contributed by atoms with Gasteiger partial charge in [0.05, 0.1) is 17.7 Å². The second-order valence-corrected chi connectivity index (χ2v) is 5.46. The lowest BCUT2D eigenvalue weighted by molar-refractivity contribution is -0.307. The Labute approximate surface area is 162 Å². The van der Waals surface area contributed by atoms with Crippen LogP contribution in [0, 0.1) is 0 Å². The highest BCUT2D eigenvalue weighted by atomic mass is 19.4. The molecule has 2 aromatic carbocycles. The molecule has 0 aromatic heterocycles. The molecule has 152 valence electrons. The molecular weight excluding hydrogens is 395 g/mol. The number of rotatable bonds is 6. The average molecular weight is 408 g/mol. The van der Waals surface area contributed by atoms with E-state index in [1.54, 1.807) is 0 Å². The van der Waals surface area contributed by atoms with Crippen LogP contribution in [0.3, 0.4) is 0 Å². The largest absolute Gasteiger partial charge is 0.546 e. The molecule has 11 heteroatoms. The van der Waals surface area contributed by atoms with E-state index in [9.17, 15) is 32.7 Å². The first-order valence-corrected chi connectivity index (χ1v) is 7.89. The van der Waals surface area contributed by atoms with E-state index in [2.05, 4.69) is 5.10 Å². The molecule has 0 aliphatic rings. The highest BCUT2D eigenvalue weighted by molar-refractivity contribution is 6.39. The van der Waals surface area contributed by atoms with Gasteiger partial charge in [-0.15, -0.1) is 0 Å². The van der Waals surface area contributed by atoms with Crippen molar-refractivity contribution in [1.82, 2.24) is 5.43 Å². The van der Waals surface area contributed by atoms with Gasteiger partial charge in [-0.05, 0) is 48.0 Å². The lowest BCUT2D eigenvalue weighted by Crippen LogP contribution is -2.32. The van der Waals surface area contributed by atoms with Crippen LogP contribution in [0.2, 0.25) is 0 Å². The number of carbonyl (C=O) groups is 3. The number of hydrogen-bond acceptors (Lipinski definition) is 6. The van der Waals surface area contributed by atoms with Crippen LogP contribution < -0.4 is 20.6 Å². The average Bonchev–Trinajstić information content (AvgIpc) is 2.66. The van der Waals surface area contributed by atoms with Gasteiger partial charge in [-0.1, -0.05) is 6.07 Å². The number of benzene rings is 2. The maximum absolute atomic E-state index is 12.6. The van der Waals surface area contributed by atoms with Crippen LogP contribution in [-0.4, -0.2) is 30.6 Å². The van der Waals surface area contributed by atoms with Gasteiger partial charge in [0, 0.05) is 5.69 Å². The van der Waals surface area contributed by atoms with Gasteiger partial charge in [0.15, 0.2) is 0 Å². The SMILES string of the molecule is O=C([O-])COc1ccc(/C=N\NC(=O)C(=O)Nc2cccc(C(F)(F)F)c2)cc1. The minimum Gasteiger partial charge on any atom is -0.546 e. The summed E-state index contributed by atoms with van der Waals surface area (Å²) in [5.41, 5.74) is 1.25. The molecule has 2 aromatic rings. The fourth-order valence-electron chi connectivity index (χ4n) is 1.97. The number of hydrogen-bond donors (Lipinski definition) is 2. The highest BCUT2D eigenvalue weighted by Crippen LogP contribution is 2.30. The van der Waals surface area contributed by atoms with Gasteiger partial charge >= 0.3 is 18.0 Å². The zero-order chi connectivity index (χ0) is 21.4. The Balaban J connectivity index is 1.88. The van der Waals surface area contributed by atoms with Crippen LogP contribution in [0.4, 0.5) is 18.9 Å². The number of ether oxygens (including phenoxy) is 1. The van der Waals surface area contributed by atoms with Gasteiger partial charge in [-0.3, -0.25) is 9.59 Å². The lowest BCUT2D eigenvalue weighted by Gasteiger charge is -2.09. The number of aliphatic carboxylic acids is 1. The van der Waals surface area contributed by atoms with Crippen molar-refractivity contribution in [3.63, 3.8) is 0 Å². The number of carbonyl (C=O) groups excluding carboxylic acids is 3. The summed E-state index contributed by atoms with van der Waals surface area (Å²) in [6.07, 6.45) is -3.39. The first kappa shape index (κ1) is 21.4. The summed E-state index contributed by atoms with van der Waals surface area (Å²) >= 11 is 0. The van der Waals surface area contributed by atoms with Crippen LogP contribution in [0.15, 0.2) is 53.6 Å². The molecule has 0 fully saturated rings. The number of hydrazone groups is 1. The molecule has 0 bridgehead atoms. The number of nitrogens with one attached hydrogen (secondary N) is 2. The Bertz CT molecular complexity index is 927. The molecule has 0 radical (unpaired) electrons. The van der Waals surface area contributed by atoms with Crippen molar-refractivity contribution < 1.29 is 37.4 Å². The zero-order valence-corrected chi connectivity index (χ0v) is 14.5. The van der Waals surface area contributed by atoms with Gasteiger partial charge in [-0.2, -0.15) is 18.3 Å². The molecule has 2 N–H and O–H groups in total. The van der Waals surface area contributed by atoms with E-state index in [0.717, 1.165) is 12.1 Å². The number of amides is 2. The molecule has 0 aliphatic carbocycles. The standard InChI is InChI=1S/C18H14F3N3O5/c19-18(20,21)12-2-1-3-13(8-12)23-16(27)17(28)24-22-9-11-4-6-14(7-5-11)29-10-15(25)26/h1-9H,10H2,(H,23,27)(H,24,28)(H,25,26)/p-1/b22-9-. The van der Waals surface area contributed by atoms with Crippen molar-refractivity contribution in [3.05, 3.63) is 59.7 Å². The number of alkyl halides is 3. The first-order chi connectivity index (χ1) is 13.6. The molecule has 0 saturated heterocycles. The third-order valence-electron chi connectivity index (χ3n) is 3.27. The maximum Gasteiger partial charge on any atom is 0.416 e. The zero-order valence-electron chi connectivity index (χ0n) is 14.5. The number of halogens is 3. The highest BCUT2D eigenvalue weighted by Gasteiger charge is 2.30. The molecule has 2 rings (SSSR count). The second-order valence-electron chi connectivity index (χ2n) is 5.46. The summed E-state index contributed by atoms with van der Waals surface area (Å²) in [7, 11) is 0. The smallest absolute Gasteiger partial charge is 0.416 e. The van der Waals surface area contributed by atoms with Crippen LogP contribution in [0.1, 0.15) is 11.1 Å². The molecule has 0 atom stereocenters. The normalized spacial score (nSPS) is 11.1. The third kappa shape index (κ3) is 6.97. The maximum atomic E-state index is 12.6. The number of anilines is 1. The number of carboxylic acid groups (broad SMARTS) is 1. The Hall–Kier alpha value is -3.89. The Morgan fingerprint density at radius 1 is 1.07 bits per heavy atom. The second kappa shape index (κ2) is 9.35. The number of nitrogens with zero attached hydrogens (tertiary/aromatic N) is 1. The minimum absolute atomic E-state index is 0.198. The molecule has 2 amide bonds. The van der Waals surface area contributed by atoms with Crippen LogP contribution in [-0.2, 0) is 20.6 Å². The summed E-state index contributed by atoms with van der Waals surface area (Å²) < 4.78 is 42.8. The van der Waals surface area contributed by atoms with E-state index in [1.807, 2.05) is 10.7 Å². The van der Waals surface area contributed by atoms with Gasteiger partial charge < -0.3 is 20.0 Å². The van der Waals surface area contributed by atoms with Crippen LogP contribution >= 0.6 is 0 Å². The van der Waals surface area contributed by atoms with Crippen molar-refractivity contribution in [1.29, 1.82) is 0 Å². The summed E-state index contributed by atoms with van der Waals surface area (Å²) in [5.74, 6) is -3.49. The summed E-state index contributed by atoms with van der Waals surface area (Å²) in [5, 5.41) is 15.9. The molecule has 0 saturated carbocycles. The van der Waals surface area contributed by atoms with E-state index in [1.165, 1.54) is 36.5 Å². The molecule has 0 spiro atoms. The van der Waals surface area contributed by atoms with Crippen molar-refractivity contribution >= 4 is 29.7 Å². The molecule has 29 heavy (non-hydrogen) atoms. The fraction of sp³-hybridized carbons (Fsp3) is 0.111. The van der Waals surface area contributed by atoms with Crippen molar-refractivity contribution in [2.45, 2.75) is 6.18 Å². The molecule has 0 heterocycles. The predicted molar refractivity (Wildman–Crippen MR) is 92.8 cm³/mol. The van der Waals surface area contributed by atoms with Gasteiger partial charge in [0.2, 0.25) is 0 Å². The van der Waals surface area contributed by atoms with Crippen molar-refractivity contribution in [3.8, 4) is 5.75 Å². The van der Waals surface area contributed by atoms with E-state index in [4.69, 9.17) is 4.74 Å². The van der Waals surface area contributed by atoms with E-state index in [-0.39, 0.29) is 11.4 Å². The summed E-state index contributed by atoms with van der Waals surface area (Å²) in [6, 6.07) is 9.72. The Morgan fingerprint density at radius 3 is 2.38 bits per heavy atom. The Kier molecular flexibility index (Phi) is 6.90. The van der Waals surface area contributed by atoms with Gasteiger partial charge in [-0.25, -0.2) is 5.43 Å². The first-order valence-electron chi connectivity index (χ1n) is 7.89.